The second kappa shape index (κ2) is 5.55. The van der Waals surface area contributed by atoms with Crippen LogP contribution in [0.25, 0.3) is 11.4 Å². The number of hydrogen-bond acceptors (Lipinski definition) is 4. The van der Waals surface area contributed by atoms with Crippen molar-refractivity contribution >= 4 is 0 Å². The van der Waals surface area contributed by atoms with Crippen molar-refractivity contribution in [2.45, 2.75) is 37.9 Å². The minimum Gasteiger partial charge on any atom is -0.493 e. The Morgan fingerprint density at radius 2 is 1.58 bits per heavy atom. The Kier molecular flexibility index (Phi) is 3.93. The second-order valence-electron chi connectivity index (χ2n) is 6.61. The SMILES string of the molecule is COc1cc2c(cc1OC)-c1nnc(C(F)(F)C(F)(F)F)n1C(C)(C)C2. The van der Waals surface area contributed by atoms with Gasteiger partial charge in [0.25, 0.3) is 0 Å². The number of rotatable bonds is 3. The van der Waals surface area contributed by atoms with Crippen molar-refractivity contribution in [1.29, 1.82) is 0 Å². The minimum atomic E-state index is -5.77. The fourth-order valence-corrected chi connectivity index (χ4v) is 3.18. The summed E-state index contributed by atoms with van der Waals surface area (Å²) in [6.07, 6.45) is -5.58. The molecule has 0 spiro atoms. The van der Waals surface area contributed by atoms with E-state index in [-0.39, 0.29) is 12.2 Å². The Hall–Kier alpha value is -2.39. The van der Waals surface area contributed by atoms with Crippen LogP contribution in [-0.4, -0.2) is 35.2 Å². The molecule has 3 rings (SSSR count). The molecular weight excluding hydrogens is 361 g/mol. The molecule has 0 fully saturated rings. The minimum absolute atomic E-state index is 0.0730. The lowest BCUT2D eigenvalue weighted by Gasteiger charge is -2.36. The van der Waals surface area contributed by atoms with E-state index in [9.17, 15) is 22.0 Å². The molecule has 0 bridgehead atoms. The molecule has 1 aliphatic rings. The first-order valence-electron chi connectivity index (χ1n) is 7.60. The zero-order chi connectivity index (χ0) is 19.5. The molecule has 0 unspecified atom stereocenters. The van der Waals surface area contributed by atoms with Gasteiger partial charge >= 0.3 is 12.1 Å². The van der Waals surface area contributed by atoms with Gasteiger partial charge in [-0.1, -0.05) is 0 Å². The fourth-order valence-electron chi connectivity index (χ4n) is 3.18. The van der Waals surface area contributed by atoms with Crippen molar-refractivity contribution in [3.05, 3.63) is 23.5 Å². The molecule has 2 aromatic rings. The van der Waals surface area contributed by atoms with Crippen LogP contribution in [0.15, 0.2) is 12.1 Å². The molecule has 0 amide bonds. The number of aromatic nitrogens is 3. The van der Waals surface area contributed by atoms with Crippen molar-refractivity contribution < 1.29 is 31.4 Å². The first-order valence-corrected chi connectivity index (χ1v) is 7.60. The van der Waals surface area contributed by atoms with E-state index < -0.39 is 23.5 Å². The highest BCUT2D eigenvalue weighted by atomic mass is 19.4. The van der Waals surface area contributed by atoms with Gasteiger partial charge in [0.1, 0.15) is 0 Å². The third-order valence-electron chi connectivity index (χ3n) is 4.38. The number of methoxy groups -OCH3 is 2. The molecule has 1 aromatic heterocycles. The Morgan fingerprint density at radius 3 is 2.12 bits per heavy atom. The molecule has 2 heterocycles. The third kappa shape index (κ3) is 2.50. The molecule has 0 saturated heterocycles. The molecular formula is C16H16F5N3O2. The van der Waals surface area contributed by atoms with Crippen LogP contribution in [0.3, 0.4) is 0 Å². The summed E-state index contributed by atoms with van der Waals surface area (Å²) < 4.78 is 77.8. The molecule has 5 nitrogen and oxygen atoms in total. The maximum absolute atomic E-state index is 14.0. The molecule has 142 valence electrons. The van der Waals surface area contributed by atoms with Gasteiger partial charge in [-0.15, -0.1) is 10.2 Å². The number of alkyl halides is 5. The van der Waals surface area contributed by atoms with Crippen molar-refractivity contribution in [3.63, 3.8) is 0 Å². The van der Waals surface area contributed by atoms with Gasteiger partial charge < -0.3 is 9.47 Å². The van der Waals surface area contributed by atoms with Crippen LogP contribution in [0.5, 0.6) is 11.5 Å². The summed E-state index contributed by atoms with van der Waals surface area (Å²) in [5.74, 6) is -5.88. The van der Waals surface area contributed by atoms with Gasteiger partial charge in [0, 0.05) is 11.1 Å². The number of nitrogens with zero attached hydrogens (tertiary/aromatic N) is 3. The Balaban J connectivity index is 2.28. The zero-order valence-corrected chi connectivity index (χ0v) is 14.4. The molecule has 0 N–H and O–H groups in total. The lowest BCUT2D eigenvalue weighted by atomic mass is 9.86. The Labute approximate surface area is 145 Å². The van der Waals surface area contributed by atoms with Crippen LogP contribution in [0.1, 0.15) is 25.2 Å². The Morgan fingerprint density at radius 1 is 1.00 bits per heavy atom. The summed E-state index contributed by atoms with van der Waals surface area (Å²) in [6.45, 7) is 3.10. The summed E-state index contributed by atoms with van der Waals surface area (Å²) in [6, 6.07) is 3.16. The van der Waals surface area contributed by atoms with Crippen LogP contribution >= 0.6 is 0 Å². The van der Waals surface area contributed by atoms with Gasteiger partial charge in [0.15, 0.2) is 17.3 Å². The molecule has 26 heavy (non-hydrogen) atoms. The highest BCUT2D eigenvalue weighted by Gasteiger charge is 2.63. The zero-order valence-electron chi connectivity index (χ0n) is 14.4. The van der Waals surface area contributed by atoms with Crippen LogP contribution in [0, 0.1) is 0 Å². The predicted octanol–water partition coefficient (Wildman–Crippen LogP) is 3.91. The largest absolute Gasteiger partial charge is 0.493 e. The summed E-state index contributed by atoms with van der Waals surface area (Å²) in [5.41, 5.74) is -0.0387. The smallest absolute Gasteiger partial charge is 0.461 e. The summed E-state index contributed by atoms with van der Waals surface area (Å²) in [5, 5.41) is 6.84. The van der Waals surface area contributed by atoms with Gasteiger partial charge in [-0.2, -0.15) is 22.0 Å². The van der Waals surface area contributed by atoms with Gasteiger partial charge in [-0.05, 0) is 38.0 Å². The average molecular weight is 377 g/mol. The standard InChI is InChI=1S/C16H16F5N3O2/c1-14(2)7-8-5-10(25-3)11(26-4)6-9(8)12-22-23-13(24(12)14)15(17,18)16(19,20)21/h5-6H,7H2,1-4H3. The van der Waals surface area contributed by atoms with E-state index in [0.29, 0.717) is 22.6 Å². The quantitative estimate of drug-likeness (QED) is 0.761. The summed E-state index contributed by atoms with van der Waals surface area (Å²) in [7, 11) is 2.84. The molecule has 0 radical (unpaired) electrons. The lowest BCUT2D eigenvalue weighted by Crippen LogP contribution is -2.42. The topological polar surface area (TPSA) is 49.2 Å². The van der Waals surface area contributed by atoms with Crippen molar-refractivity contribution in [3.8, 4) is 22.9 Å². The number of hydrogen-bond donors (Lipinski definition) is 0. The van der Waals surface area contributed by atoms with Crippen molar-refractivity contribution in [1.82, 2.24) is 14.8 Å². The third-order valence-corrected chi connectivity index (χ3v) is 4.38. The van der Waals surface area contributed by atoms with E-state index in [4.69, 9.17) is 9.47 Å². The van der Waals surface area contributed by atoms with E-state index in [0.717, 1.165) is 4.57 Å². The van der Waals surface area contributed by atoms with E-state index >= 15 is 0 Å². The predicted molar refractivity (Wildman–Crippen MR) is 81.5 cm³/mol. The van der Waals surface area contributed by atoms with Crippen LogP contribution in [0.2, 0.25) is 0 Å². The van der Waals surface area contributed by atoms with E-state index in [1.165, 1.54) is 20.3 Å². The first-order chi connectivity index (χ1) is 11.9. The number of fused-ring (bicyclic) bond motifs is 3. The highest BCUT2D eigenvalue weighted by molar-refractivity contribution is 5.68. The molecule has 0 atom stereocenters. The summed E-state index contributed by atoms with van der Waals surface area (Å²) in [4.78, 5) is 0. The molecule has 0 aliphatic carbocycles. The van der Waals surface area contributed by atoms with E-state index in [1.807, 2.05) is 0 Å². The van der Waals surface area contributed by atoms with Gasteiger partial charge in [0.2, 0.25) is 5.82 Å². The number of ether oxygens (including phenoxy) is 2. The molecule has 10 heteroatoms. The van der Waals surface area contributed by atoms with Crippen LogP contribution in [-0.2, 0) is 17.9 Å². The number of benzene rings is 1. The van der Waals surface area contributed by atoms with Crippen molar-refractivity contribution in [2.75, 3.05) is 14.2 Å². The average Bonchev–Trinajstić information content (AvgIpc) is 2.99. The van der Waals surface area contributed by atoms with Crippen molar-refractivity contribution in [2.24, 2.45) is 0 Å². The fraction of sp³-hybridized carbons (Fsp3) is 0.500. The van der Waals surface area contributed by atoms with E-state index in [1.54, 1.807) is 19.9 Å². The van der Waals surface area contributed by atoms with E-state index in [2.05, 4.69) is 10.2 Å². The molecule has 1 aliphatic heterocycles. The maximum Gasteiger partial charge on any atom is 0.461 e. The lowest BCUT2D eigenvalue weighted by molar-refractivity contribution is -0.294. The monoisotopic (exact) mass is 377 g/mol. The Bertz CT molecular complexity index is 858. The summed E-state index contributed by atoms with van der Waals surface area (Å²) >= 11 is 0. The number of halogens is 5. The molecule has 0 saturated carbocycles. The van der Waals surface area contributed by atoms with Gasteiger partial charge in [-0.25, -0.2) is 0 Å². The second-order valence-corrected chi connectivity index (χ2v) is 6.61. The normalized spacial score (nSPS) is 16.0. The van der Waals surface area contributed by atoms with Gasteiger partial charge in [-0.3, -0.25) is 4.57 Å². The van der Waals surface area contributed by atoms with Crippen LogP contribution in [0.4, 0.5) is 22.0 Å². The van der Waals surface area contributed by atoms with Gasteiger partial charge in [0.05, 0.1) is 14.2 Å². The molecule has 1 aromatic carbocycles. The first kappa shape index (κ1) is 18.4. The van der Waals surface area contributed by atoms with Crippen LogP contribution < -0.4 is 9.47 Å². The highest BCUT2D eigenvalue weighted by Crippen LogP contribution is 2.48. The maximum atomic E-state index is 14.0.